The van der Waals surface area contributed by atoms with Gasteiger partial charge < -0.3 is 9.47 Å². The molecule has 1 heterocycles. The van der Waals surface area contributed by atoms with Gasteiger partial charge in [0.2, 0.25) is 0 Å². The summed E-state index contributed by atoms with van der Waals surface area (Å²) in [6.45, 7) is 1.79. The average molecular weight is 299 g/mol. The van der Waals surface area contributed by atoms with Crippen molar-refractivity contribution in [2.24, 2.45) is 5.10 Å². The number of rotatable bonds is 5. The zero-order valence-corrected chi connectivity index (χ0v) is 12.7. The minimum atomic E-state index is -0.320. The summed E-state index contributed by atoms with van der Waals surface area (Å²) in [5, 5.41) is 4.10. The Hall–Kier alpha value is -2.89. The largest absolute Gasteiger partial charge is 0.497 e. The second-order valence-corrected chi connectivity index (χ2v) is 4.45. The van der Waals surface area contributed by atoms with E-state index in [4.69, 9.17) is 9.47 Å². The molecule has 0 aliphatic heterocycles. The molecule has 1 amide bonds. The van der Waals surface area contributed by atoms with Crippen molar-refractivity contribution in [2.45, 2.75) is 6.92 Å². The third-order valence-corrected chi connectivity index (χ3v) is 3.05. The van der Waals surface area contributed by atoms with E-state index in [0.717, 1.165) is 5.56 Å². The van der Waals surface area contributed by atoms with Crippen LogP contribution in [0.4, 0.5) is 0 Å². The molecule has 0 radical (unpaired) electrons. The lowest BCUT2D eigenvalue weighted by Gasteiger charge is -2.10. The van der Waals surface area contributed by atoms with Gasteiger partial charge in [-0.1, -0.05) is 0 Å². The van der Waals surface area contributed by atoms with Gasteiger partial charge in [0.1, 0.15) is 11.5 Å². The number of carbonyl (C=O) groups is 1. The van der Waals surface area contributed by atoms with Gasteiger partial charge in [-0.25, -0.2) is 5.43 Å². The lowest BCUT2D eigenvalue weighted by molar-refractivity contribution is 0.0954. The number of methoxy groups -OCH3 is 2. The van der Waals surface area contributed by atoms with Gasteiger partial charge in [0.15, 0.2) is 0 Å². The topological polar surface area (TPSA) is 72.8 Å². The van der Waals surface area contributed by atoms with Crippen molar-refractivity contribution in [3.05, 3.63) is 53.9 Å². The first-order valence-corrected chi connectivity index (χ1v) is 6.62. The molecule has 6 nitrogen and oxygen atoms in total. The van der Waals surface area contributed by atoms with Crippen LogP contribution in [0.15, 0.2) is 47.8 Å². The molecular formula is C16H17N3O3. The summed E-state index contributed by atoms with van der Waals surface area (Å²) in [4.78, 5) is 15.8. The summed E-state index contributed by atoms with van der Waals surface area (Å²) in [7, 11) is 3.16. The van der Waals surface area contributed by atoms with Crippen LogP contribution >= 0.6 is 0 Å². The highest BCUT2D eigenvalue weighted by Gasteiger charge is 2.09. The first-order valence-electron chi connectivity index (χ1n) is 6.62. The van der Waals surface area contributed by atoms with E-state index in [2.05, 4.69) is 15.5 Å². The Kier molecular flexibility index (Phi) is 5.08. The Bertz CT molecular complexity index is 684. The van der Waals surface area contributed by atoms with E-state index >= 15 is 0 Å². The molecule has 0 bridgehead atoms. The number of ether oxygens (including phenoxy) is 2. The number of hydrogen-bond donors (Lipinski definition) is 1. The molecule has 0 aliphatic carbocycles. The number of carbonyl (C=O) groups excluding carboxylic acids is 1. The van der Waals surface area contributed by atoms with Gasteiger partial charge in [0.05, 0.1) is 25.5 Å². The Morgan fingerprint density at radius 1 is 1.23 bits per heavy atom. The highest BCUT2D eigenvalue weighted by Crippen LogP contribution is 2.25. The molecule has 1 aromatic heterocycles. The Labute approximate surface area is 128 Å². The molecule has 0 saturated heterocycles. The maximum absolute atomic E-state index is 11.9. The number of hydrogen-bond acceptors (Lipinski definition) is 5. The van der Waals surface area contributed by atoms with Crippen LogP contribution in [0.1, 0.15) is 22.8 Å². The van der Waals surface area contributed by atoms with Crippen molar-refractivity contribution in [1.29, 1.82) is 0 Å². The van der Waals surface area contributed by atoms with Crippen LogP contribution in [0, 0.1) is 0 Å². The quantitative estimate of drug-likeness (QED) is 0.679. The summed E-state index contributed by atoms with van der Waals surface area (Å²) in [5.74, 6) is 0.990. The third kappa shape index (κ3) is 3.60. The van der Waals surface area contributed by atoms with E-state index in [-0.39, 0.29) is 5.91 Å². The second kappa shape index (κ2) is 7.21. The van der Waals surface area contributed by atoms with Gasteiger partial charge in [0.25, 0.3) is 5.91 Å². The molecule has 1 N–H and O–H groups in total. The van der Waals surface area contributed by atoms with E-state index in [1.54, 1.807) is 51.6 Å². The van der Waals surface area contributed by atoms with Crippen LogP contribution in [0.2, 0.25) is 0 Å². The first kappa shape index (κ1) is 15.5. The van der Waals surface area contributed by atoms with Gasteiger partial charge in [-0.05, 0) is 31.2 Å². The molecule has 6 heteroatoms. The monoisotopic (exact) mass is 299 g/mol. The summed E-state index contributed by atoms with van der Waals surface area (Å²) in [6, 6.07) is 8.75. The zero-order chi connectivity index (χ0) is 15.9. The Morgan fingerprint density at radius 2 is 2.05 bits per heavy atom. The summed E-state index contributed by atoms with van der Waals surface area (Å²) in [5.41, 5.74) is 4.34. The molecule has 22 heavy (non-hydrogen) atoms. The molecular weight excluding hydrogens is 282 g/mol. The highest BCUT2D eigenvalue weighted by atomic mass is 16.5. The minimum absolute atomic E-state index is 0.320. The number of nitrogens with one attached hydrogen (secondary N) is 1. The third-order valence-electron chi connectivity index (χ3n) is 3.05. The fourth-order valence-electron chi connectivity index (χ4n) is 1.85. The van der Waals surface area contributed by atoms with E-state index in [1.807, 2.05) is 6.07 Å². The molecule has 0 unspecified atom stereocenters. The van der Waals surface area contributed by atoms with Crippen molar-refractivity contribution < 1.29 is 14.3 Å². The van der Waals surface area contributed by atoms with Crippen LogP contribution in [0.25, 0.3) is 0 Å². The van der Waals surface area contributed by atoms with E-state index in [0.29, 0.717) is 22.8 Å². The van der Waals surface area contributed by atoms with Crippen molar-refractivity contribution in [2.75, 3.05) is 14.2 Å². The molecule has 0 fully saturated rings. The van der Waals surface area contributed by atoms with Gasteiger partial charge in [-0.2, -0.15) is 5.10 Å². The molecule has 0 atom stereocenters. The number of nitrogens with zero attached hydrogens (tertiary/aromatic N) is 2. The maximum atomic E-state index is 11.9. The van der Waals surface area contributed by atoms with Gasteiger partial charge in [0, 0.05) is 24.0 Å². The molecule has 2 rings (SSSR count). The predicted octanol–water partition coefficient (Wildman–Crippen LogP) is 2.25. The lowest BCUT2D eigenvalue weighted by atomic mass is 10.1. The number of benzene rings is 1. The van der Waals surface area contributed by atoms with Crippen molar-refractivity contribution in [3.63, 3.8) is 0 Å². The van der Waals surface area contributed by atoms with Crippen molar-refractivity contribution in [1.82, 2.24) is 10.4 Å². The first-order chi connectivity index (χ1) is 10.7. The normalized spacial score (nSPS) is 11.0. The average Bonchev–Trinajstić information content (AvgIpc) is 2.59. The molecule has 1 aromatic carbocycles. The van der Waals surface area contributed by atoms with Crippen LogP contribution in [0.5, 0.6) is 11.5 Å². The number of hydrazone groups is 1. The van der Waals surface area contributed by atoms with Crippen LogP contribution < -0.4 is 14.9 Å². The Morgan fingerprint density at radius 3 is 2.68 bits per heavy atom. The minimum Gasteiger partial charge on any atom is -0.497 e. The molecule has 114 valence electrons. The van der Waals surface area contributed by atoms with Crippen molar-refractivity contribution >= 4 is 11.6 Å². The number of pyridine rings is 1. The van der Waals surface area contributed by atoms with Gasteiger partial charge >= 0.3 is 0 Å². The van der Waals surface area contributed by atoms with Gasteiger partial charge in [-0.15, -0.1) is 0 Å². The number of amides is 1. The SMILES string of the molecule is COc1ccc(/C(C)=N\NC(=O)c2cccnc2)c(OC)c1. The highest BCUT2D eigenvalue weighted by molar-refractivity contribution is 6.02. The number of aromatic nitrogens is 1. The van der Waals surface area contributed by atoms with Crippen LogP contribution in [0.3, 0.4) is 0 Å². The molecule has 0 saturated carbocycles. The predicted molar refractivity (Wildman–Crippen MR) is 83.5 cm³/mol. The zero-order valence-electron chi connectivity index (χ0n) is 12.7. The maximum Gasteiger partial charge on any atom is 0.272 e. The fourth-order valence-corrected chi connectivity index (χ4v) is 1.85. The van der Waals surface area contributed by atoms with Crippen LogP contribution in [-0.4, -0.2) is 30.8 Å². The van der Waals surface area contributed by atoms with E-state index in [1.165, 1.54) is 6.20 Å². The van der Waals surface area contributed by atoms with Gasteiger partial charge in [-0.3, -0.25) is 9.78 Å². The second-order valence-electron chi connectivity index (χ2n) is 4.45. The van der Waals surface area contributed by atoms with E-state index < -0.39 is 0 Å². The summed E-state index contributed by atoms with van der Waals surface area (Å²) >= 11 is 0. The molecule has 0 spiro atoms. The molecule has 0 aliphatic rings. The fraction of sp³-hybridized carbons (Fsp3) is 0.188. The van der Waals surface area contributed by atoms with Crippen LogP contribution in [-0.2, 0) is 0 Å². The smallest absolute Gasteiger partial charge is 0.272 e. The lowest BCUT2D eigenvalue weighted by Crippen LogP contribution is -2.19. The summed E-state index contributed by atoms with van der Waals surface area (Å²) in [6.07, 6.45) is 3.08. The molecule has 2 aromatic rings. The Balaban J connectivity index is 2.17. The summed E-state index contributed by atoms with van der Waals surface area (Å²) < 4.78 is 10.5. The van der Waals surface area contributed by atoms with Crippen molar-refractivity contribution in [3.8, 4) is 11.5 Å². The van der Waals surface area contributed by atoms with E-state index in [9.17, 15) is 4.79 Å². The standard InChI is InChI=1S/C16H17N3O3/c1-11(14-7-6-13(21-2)9-15(14)22-3)18-19-16(20)12-5-4-8-17-10-12/h4-10H,1-3H3,(H,19,20)/b18-11-.